The zero-order valence-electron chi connectivity index (χ0n) is 21.9. The number of unbranched alkanes of at least 4 members (excludes halogenated alkanes) is 1. The number of tetrazole rings is 1. The van der Waals surface area contributed by atoms with Crippen molar-refractivity contribution in [2.45, 2.75) is 39.7 Å². The van der Waals surface area contributed by atoms with Crippen LogP contribution in [0.3, 0.4) is 0 Å². The summed E-state index contributed by atoms with van der Waals surface area (Å²) in [4.78, 5) is 9.97. The van der Waals surface area contributed by atoms with Crippen molar-refractivity contribution in [3.05, 3.63) is 101 Å². The molecule has 0 unspecified atom stereocenters. The summed E-state index contributed by atoms with van der Waals surface area (Å²) in [5.74, 6) is 1.66. The van der Waals surface area contributed by atoms with Crippen molar-refractivity contribution >= 4 is 11.2 Å². The number of benzene rings is 2. The molecule has 0 atom stereocenters. The van der Waals surface area contributed by atoms with E-state index in [0.717, 1.165) is 80.1 Å². The molecule has 1 N–H and O–H groups in total. The molecule has 0 aliphatic rings. The number of pyridine rings is 2. The van der Waals surface area contributed by atoms with Gasteiger partial charge >= 0.3 is 0 Å². The van der Waals surface area contributed by atoms with E-state index in [0.29, 0.717) is 12.4 Å². The average Bonchev–Trinajstić information content (AvgIpc) is 3.61. The van der Waals surface area contributed by atoms with Crippen LogP contribution < -0.4 is 4.73 Å². The van der Waals surface area contributed by atoms with Crippen LogP contribution in [-0.2, 0) is 13.0 Å². The molecule has 0 spiro atoms. The first-order chi connectivity index (χ1) is 19.1. The van der Waals surface area contributed by atoms with E-state index < -0.39 is 0 Å². The highest BCUT2D eigenvalue weighted by Gasteiger charge is 2.17. The number of nitrogens with zero attached hydrogens (tertiary/aromatic N) is 7. The quantitative estimate of drug-likeness (QED) is 0.218. The van der Waals surface area contributed by atoms with E-state index in [2.05, 4.69) is 68.5 Å². The molecule has 0 radical (unpaired) electrons. The first-order valence-corrected chi connectivity index (χ1v) is 13.1. The number of hydrogen-bond donors (Lipinski definition) is 1. The van der Waals surface area contributed by atoms with Crippen LogP contribution >= 0.6 is 0 Å². The third-order valence-electron chi connectivity index (χ3n) is 6.96. The summed E-state index contributed by atoms with van der Waals surface area (Å²) in [6.45, 7) is 4.84. The van der Waals surface area contributed by atoms with Crippen molar-refractivity contribution < 1.29 is 4.73 Å². The molecule has 0 saturated carbocycles. The van der Waals surface area contributed by atoms with Crippen molar-refractivity contribution in [1.82, 2.24) is 35.2 Å². The lowest BCUT2D eigenvalue weighted by Crippen LogP contribution is -2.24. The lowest BCUT2D eigenvalue weighted by Gasteiger charge is -2.12. The highest BCUT2D eigenvalue weighted by Crippen LogP contribution is 2.31. The molecule has 2 aromatic carbocycles. The molecule has 9 heteroatoms. The van der Waals surface area contributed by atoms with Crippen LogP contribution in [0.4, 0.5) is 0 Å². The van der Waals surface area contributed by atoms with Gasteiger partial charge in [0, 0.05) is 34.9 Å². The number of fused-ring (bicyclic) bond motifs is 1. The van der Waals surface area contributed by atoms with Gasteiger partial charge in [0.05, 0.1) is 6.54 Å². The smallest absolute Gasteiger partial charge is 0.188 e. The standard InChI is InChI=1S/C30H28N8O/c1-3-4-11-28-32-27-17-26(23-8-7-16-37(39)19-23)20(2)31-30(27)38(28)18-21-12-14-22(15-13-21)24-9-5-6-10-25(24)29-33-35-36-34-29/h5-10,12-17,19H,3-4,11,18H2,1-2H3,(H,33,34,35,36). The molecular formula is C30H28N8O. The molecule has 0 fully saturated rings. The van der Waals surface area contributed by atoms with Crippen molar-refractivity contribution in [3.8, 4) is 33.6 Å². The van der Waals surface area contributed by atoms with Crippen LogP contribution in [0, 0.1) is 12.1 Å². The zero-order valence-corrected chi connectivity index (χ0v) is 21.9. The van der Waals surface area contributed by atoms with E-state index in [1.54, 1.807) is 12.3 Å². The third kappa shape index (κ3) is 4.86. The number of nitrogens with one attached hydrogen (secondary N) is 1. The Bertz CT molecular complexity index is 1740. The van der Waals surface area contributed by atoms with Crippen LogP contribution in [0.15, 0.2) is 79.1 Å². The predicted molar refractivity (Wildman–Crippen MR) is 149 cm³/mol. The second-order valence-electron chi connectivity index (χ2n) is 9.63. The summed E-state index contributed by atoms with van der Waals surface area (Å²) in [5.41, 5.74) is 8.59. The van der Waals surface area contributed by atoms with Gasteiger partial charge in [-0.2, -0.15) is 4.73 Å². The highest BCUT2D eigenvalue weighted by molar-refractivity contribution is 5.81. The Hall–Kier alpha value is -4.92. The molecule has 194 valence electrons. The molecule has 6 rings (SSSR count). The van der Waals surface area contributed by atoms with Crippen LogP contribution in [-0.4, -0.2) is 35.2 Å². The fraction of sp³-hybridized carbons (Fsp3) is 0.200. The maximum atomic E-state index is 11.9. The molecule has 9 nitrogen and oxygen atoms in total. The molecule has 0 aliphatic carbocycles. The van der Waals surface area contributed by atoms with Gasteiger partial charge < -0.3 is 9.77 Å². The van der Waals surface area contributed by atoms with Crippen molar-refractivity contribution in [1.29, 1.82) is 0 Å². The Morgan fingerprint density at radius 1 is 0.923 bits per heavy atom. The van der Waals surface area contributed by atoms with Gasteiger partial charge in [0.25, 0.3) is 0 Å². The van der Waals surface area contributed by atoms with Crippen LogP contribution in [0.1, 0.15) is 36.8 Å². The first kappa shape index (κ1) is 24.4. The molecule has 0 amide bonds. The maximum Gasteiger partial charge on any atom is 0.188 e. The molecule has 0 bridgehead atoms. The lowest BCUT2D eigenvalue weighted by atomic mass is 9.98. The minimum atomic E-state index is 0.640. The van der Waals surface area contributed by atoms with Gasteiger partial charge in [-0.15, -0.1) is 5.10 Å². The summed E-state index contributed by atoms with van der Waals surface area (Å²) in [6.07, 6.45) is 6.07. The van der Waals surface area contributed by atoms with Gasteiger partial charge in [-0.05, 0) is 52.6 Å². The number of aromatic amines is 1. The van der Waals surface area contributed by atoms with Crippen molar-refractivity contribution in [3.63, 3.8) is 0 Å². The second kappa shape index (κ2) is 10.4. The number of hydrogen-bond acceptors (Lipinski definition) is 6. The van der Waals surface area contributed by atoms with E-state index in [4.69, 9.17) is 9.97 Å². The van der Waals surface area contributed by atoms with E-state index in [1.807, 2.05) is 31.2 Å². The lowest BCUT2D eigenvalue weighted by molar-refractivity contribution is -0.604. The molecule has 6 aromatic rings. The van der Waals surface area contributed by atoms with Crippen LogP contribution in [0.5, 0.6) is 0 Å². The van der Waals surface area contributed by atoms with E-state index in [9.17, 15) is 5.21 Å². The van der Waals surface area contributed by atoms with Crippen molar-refractivity contribution in [2.75, 3.05) is 0 Å². The van der Waals surface area contributed by atoms with Gasteiger partial charge in [0.2, 0.25) is 0 Å². The van der Waals surface area contributed by atoms with Crippen LogP contribution in [0.2, 0.25) is 0 Å². The van der Waals surface area contributed by atoms with Gasteiger partial charge in [-0.25, -0.2) is 15.1 Å². The van der Waals surface area contributed by atoms with Gasteiger partial charge in [0.1, 0.15) is 11.3 Å². The number of imidazole rings is 1. The summed E-state index contributed by atoms with van der Waals surface area (Å²) in [5, 5.41) is 26.3. The maximum absolute atomic E-state index is 11.9. The fourth-order valence-corrected chi connectivity index (χ4v) is 4.97. The molecule has 39 heavy (non-hydrogen) atoms. The number of aryl methyl sites for hydroxylation is 2. The summed E-state index contributed by atoms with van der Waals surface area (Å²) < 4.78 is 3.04. The topological polar surface area (TPSA) is 112 Å². The van der Waals surface area contributed by atoms with Gasteiger partial charge in [-0.1, -0.05) is 61.9 Å². The Labute approximate surface area is 225 Å². The average molecular weight is 517 g/mol. The monoisotopic (exact) mass is 516 g/mol. The Morgan fingerprint density at radius 2 is 1.74 bits per heavy atom. The number of aromatic nitrogens is 8. The second-order valence-corrected chi connectivity index (χ2v) is 9.63. The largest absolute Gasteiger partial charge is 0.619 e. The minimum Gasteiger partial charge on any atom is -0.619 e. The van der Waals surface area contributed by atoms with Crippen molar-refractivity contribution in [2.24, 2.45) is 0 Å². The Morgan fingerprint density at radius 3 is 2.49 bits per heavy atom. The third-order valence-corrected chi connectivity index (χ3v) is 6.96. The normalized spacial score (nSPS) is 11.3. The zero-order chi connectivity index (χ0) is 26.8. The minimum absolute atomic E-state index is 0.640. The summed E-state index contributed by atoms with van der Waals surface area (Å²) >= 11 is 0. The molecule has 4 aromatic heterocycles. The number of rotatable bonds is 8. The van der Waals surface area contributed by atoms with E-state index in [1.165, 1.54) is 6.20 Å². The molecule has 0 saturated heterocycles. The Kier molecular flexibility index (Phi) is 6.54. The SMILES string of the molecule is CCCCc1nc2cc(-c3ccc[n+]([O-])c3)c(C)nc2n1Cc1ccc(-c2ccccc2-c2nnn[nH]2)cc1. The highest BCUT2D eigenvalue weighted by atomic mass is 16.5. The molecule has 4 heterocycles. The van der Waals surface area contributed by atoms with E-state index >= 15 is 0 Å². The Balaban J connectivity index is 1.36. The summed E-state index contributed by atoms with van der Waals surface area (Å²) in [7, 11) is 0. The fourth-order valence-electron chi connectivity index (χ4n) is 4.97. The summed E-state index contributed by atoms with van der Waals surface area (Å²) in [6, 6.07) is 22.4. The van der Waals surface area contributed by atoms with Gasteiger partial charge in [0.15, 0.2) is 23.9 Å². The molecular weight excluding hydrogens is 488 g/mol. The predicted octanol–water partition coefficient (Wildman–Crippen LogP) is 5.28. The number of H-pyrrole nitrogens is 1. The first-order valence-electron chi connectivity index (χ1n) is 13.1. The molecule has 0 aliphatic heterocycles. The van der Waals surface area contributed by atoms with Gasteiger partial charge in [-0.3, -0.25) is 0 Å². The van der Waals surface area contributed by atoms with E-state index in [-0.39, 0.29) is 0 Å². The van der Waals surface area contributed by atoms with Crippen LogP contribution in [0.25, 0.3) is 44.8 Å².